The normalized spacial score (nSPS) is 20.7. The first kappa shape index (κ1) is 18.7. The number of hydrogen-bond acceptors (Lipinski definition) is 3. The van der Waals surface area contributed by atoms with Gasteiger partial charge in [-0.15, -0.1) is 0 Å². The van der Waals surface area contributed by atoms with Crippen LogP contribution in [0.1, 0.15) is 5.56 Å². The van der Waals surface area contributed by atoms with Gasteiger partial charge < -0.3 is 14.2 Å². The van der Waals surface area contributed by atoms with E-state index in [1.54, 1.807) is 21.3 Å². The van der Waals surface area contributed by atoms with Gasteiger partial charge in [0.15, 0.2) is 5.79 Å². The molecule has 24 heavy (non-hydrogen) atoms. The van der Waals surface area contributed by atoms with E-state index in [0.717, 1.165) is 5.76 Å². The standard InChI is InChI=1S/C20H28O3Si/c1-21-18-14-17(13-12-16-10-8-7-9-11-16)19(24(4,5)6)20(15-18,22-2)23-3/h7-15,19H,1-6H3/b13-12-. The number of benzene rings is 1. The zero-order valence-corrected chi connectivity index (χ0v) is 16.5. The SMILES string of the molecule is COC1=CC(OC)(OC)C([Si](C)(C)C)C(/C=C\c2ccccc2)=C1. The molecule has 0 fully saturated rings. The lowest BCUT2D eigenvalue weighted by atomic mass is 9.96. The quantitative estimate of drug-likeness (QED) is 0.544. The summed E-state index contributed by atoms with van der Waals surface area (Å²) in [4.78, 5) is 0. The van der Waals surface area contributed by atoms with Crippen molar-refractivity contribution < 1.29 is 14.2 Å². The van der Waals surface area contributed by atoms with Gasteiger partial charge in [-0.2, -0.15) is 0 Å². The fraction of sp³-hybridized carbons (Fsp3) is 0.400. The zero-order chi connectivity index (χ0) is 17.8. The van der Waals surface area contributed by atoms with Gasteiger partial charge >= 0.3 is 0 Å². The average Bonchev–Trinajstić information content (AvgIpc) is 2.58. The molecule has 0 bridgehead atoms. The van der Waals surface area contributed by atoms with Crippen molar-refractivity contribution in [1.29, 1.82) is 0 Å². The molecule has 1 atom stereocenters. The average molecular weight is 345 g/mol. The van der Waals surface area contributed by atoms with E-state index in [4.69, 9.17) is 14.2 Å². The highest BCUT2D eigenvalue weighted by atomic mass is 28.3. The molecular formula is C20H28O3Si. The van der Waals surface area contributed by atoms with E-state index < -0.39 is 13.9 Å². The lowest BCUT2D eigenvalue weighted by molar-refractivity contribution is -0.171. The van der Waals surface area contributed by atoms with Gasteiger partial charge in [-0.05, 0) is 17.2 Å². The van der Waals surface area contributed by atoms with Crippen LogP contribution >= 0.6 is 0 Å². The molecule has 4 heteroatoms. The Morgan fingerprint density at radius 1 is 0.958 bits per heavy atom. The Morgan fingerprint density at radius 3 is 2.08 bits per heavy atom. The maximum Gasteiger partial charge on any atom is 0.195 e. The number of rotatable bonds is 6. The van der Waals surface area contributed by atoms with Gasteiger partial charge in [0.25, 0.3) is 0 Å². The first-order valence-electron chi connectivity index (χ1n) is 8.18. The molecule has 0 saturated heterocycles. The van der Waals surface area contributed by atoms with E-state index in [1.165, 1.54) is 11.1 Å². The third kappa shape index (κ3) is 3.89. The number of ether oxygens (including phenoxy) is 3. The summed E-state index contributed by atoms with van der Waals surface area (Å²) in [6.07, 6.45) is 8.35. The van der Waals surface area contributed by atoms with E-state index in [2.05, 4.69) is 50.0 Å². The van der Waals surface area contributed by atoms with E-state index in [9.17, 15) is 0 Å². The molecular weight excluding hydrogens is 316 g/mol. The Balaban J connectivity index is 2.50. The maximum absolute atomic E-state index is 5.86. The molecule has 0 saturated carbocycles. The Bertz CT molecular complexity index is 635. The molecule has 0 heterocycles. The second-order valence-corrected chi connectivity index (χ2v) is 12.4. The van der Waals surface area contributed by atoms with Crippen molar-refractivity contribution in [2.24, 2.45) is 0 Å². The van der Waals surface area contributed by atoms with Crippen molar-refractivity contribution in [2.75, 3.05) is 21.3 Å². The minimum atomic E-state index is -1.65. The van der Waals surface area contributed by atoms with Crippen LogP contribution in [-0.2, 0) is 14.2 Å². The topological polar surface area (TPSA) is 27.7 Å². The molecule has 0 radical (unpaired) electrons. The molecule has 0 amide bonds. The molecule has 0 N–H and O–H groups in total. The molecule has 1 aliphatic rings. The van der Waals surface area contributed by atoms with E-state index in [-0.39, 0.29) is 5.54 Å². The molecule has 130 valence electrons. The van der Waals surface area contributed by atoms with Gasteiger partial charge in [0, 0.05) is 25.8 Å². The molecule has 0 aliphatic heterocycles. The van der Waals surface area contributed by atoms with Crippen LogP contribution in [0.15, 0.2) is 59.9 Å². The monoisotopic (exact) mass is 344 g/mol. The summed E-state index contributed by atoms with van der Waals surface area (Å²) < 4.78 is 17.2. The first-order valence-corrected chi connectivity index (χ1v) is 11.8. The fourth-order valence-electron chi connectivity index (χ4n) is 3.36. The highest BCUT2D eigenvalue weighted by Crippen LogP contribution is 2.47. The van der Waals surface area contributed by atoms with E-state index in [1.807, 2.05) is 24.3 Å². The predicted octanol–water partition coefficient (Wildman–Crippen LogP) is 4.87. The Kier molecular flexibility index (Phi) is 5.86. The predicted molar refractivity (Wildman–Crippen MR) is 102 cm³/mol. The van der Waals surface area contributed by atoms with Crippen molar-refractivity contribution in [3.63, 3.8) is 0 Å². The summed E-state index contributed by atoms with van der Waals surface area (Å²) in [5.41, 5.74) is 2.52. The second-order valence-electron chi connectivity index (χ2n) is 7.07. The molecule has 1 unspecified atom stereocenters. The molecule has 3 nitrogen and oxygen atoms in total. The van der Waals surface area contributed by atoms with Gasteiger partial charge in [-0.3, -0.25) is 0 Å². The van der Waals surface area contributed by atoms with Gasteiger partial charge in [0.2, 0.25) is 0 Å². The smallest absolute Gasteiger partial charge is 0.195 e. The van der Waals surface area contributed by atoms with Crippen LogP contribution in [0.25, 0.3) is 6.08 Å². The highest BCUT2D eigenvalue weighted by molar-refractivity contribution is 6.78. The summed E-state index contributed by atoms with van der Waals surface area (Å²) >= 11 is 0. The fourth-order valence-corrected chi connectivity index (χ4v) is 6.07. The van der Waals surface area contributed by atoms with Crippen molar-refractivity contribution in [2.45, 2.75) is 31.0 Å². The van der Waals surface area contributed by atoms with Gasteiger partial charge in [0.1, 0.15) is 5.76 Å². The van der Waals surface area contributed by atoms with Crippen LogP contribution in [0.2, 0.25) is 25.2 Å². The Morgan fingerprint density at radius 2 is 1.58 bits per heavy atom. The molecule has 1 aromatic carbocycles. The van der Waals surface area contributed by atoms with Crippen molar-refractivity contribution in [3.8, 4) is 0 Å². The Hall–Kier alpha value is -1.62. The van der Waals surface area contributed by atoms with Crippen molar-refractivity contribution >= 4 is 14.1 Å². The summed E-state index contributed by atoms with van der Waals surface area (Å²) in [6, 6.07) is 10.3. The van der Waals surface area contributed by atoms with E-state index >= 15 is 0 Å². The second kappa shape index (κ2) is 7.51. The maximum atomic E-state index is 5.86. The zero-order valence-electron chi connectivity index (χ0n) is 15.5. The van der Waals surface area contributed by atoms with Gasteiger partial charge in [0.05, 0.1) is 15.2 Å². The Labute approximate surface area is 146 Å². The third-order valence-electron chi connectivity index (χ3n) is 4.40. The van der Waals surface area contributed by atoms with Crippen LogP contribution in [0.5, 0.6) is 0 Å². The lowest BCUT2D eigenvalue weighted by Gasteiger charge is -2.45. The molecule has 0 spiro atoms. The first-order chi connectivity index (χ1) is 11.4. The highest BCUT2D eigenvalue weighted by Gasteiger charge is 2.49. The minimum absolute atomic E-state index is 0.166. The largest absolute Gasteiger partial charge is 0.497 e. The van der Waals surface area contributed by atoms with Crippen LogP contribution < -0.4 is 0 Å². The summed E-state index contributed by atoms with van der Waals surface area (Å²) in [5, 5.41) is 0. The number of methoxy groups -OCH3 is 3. The van der Waals surface area contributed by atoms with Gasteiger partial charge in [-0.25, -0.2) is 0 Å². The van der Waals surface area contributed by atoms with Crippen LogP contribution in [0.3, 0.4) is 0 Å². The van der Waals surface area contributed by atoms with Crippen molar-refractivity contribution in [3.05, 3.63) is 65.5 Å². The molecule has 1 aromatic rings. The summed E-state index contributed by atoms with van der Waals surface area (Å²) in [6.45, 7) is 7.00. The molecule has 2 rings (SSSR count). The van der Waals surface area contributed by atoms with Gasteiger partial charge in [-0.1, -0.05) is 62.1 Å². The van der Waals surface area contributed by atoms with E-state index in [0.29, 0.717) is 0 Å². The third-order valence-corrected chi connectivity index (χ3v) is 6.86. The molecule has 0 aromatic heterocycles. The van der Waals surface area contributed by atoms with Crippen LogP contribution in [-0.4, -0.2) is 35.2 Å². The number of allylic oxidation sites excluding steroid dienone is 2. The van der Waals surface area contributed by atoms with Crippen LogP contribution in [0.4, 0.5) is 0 Å². The summed E-state index contributed by atoms with van der Waals surface area (Å²) in [7, 11) is 3.42. The van der Waals surface area contributed by atoms with Crippen molar-refractivity contribution in [1.82, 2.24) is 0 Å². The number of hydrogen-bond donors (Lipinski definition) is 0. The lowest BCUT2D eigenvalue weighted by Crippen LogP contribution is -2.49. The summed E-state index contributed by atoms with van der Waals surface area (Å²) in [5.74, 6) is -0.0260. The molecule has 1 aliphatic carbocycles. The van der Waals surface area contributed by atoms with Crippen LogP contribution in [0, 0.1) is 0 Å². The minimum Gasteiger partial charge on any atom is -0.497 e.